The van der Waals surface area contributed by atoms with Gasteiger partial charge in [-0.3, -0.25) is 14.5 Å². The van der Waals surface area contributed by atoms with E-state index in [9.17, 15) is 13.2 Å². The number of nitrogens with zero attached hydrogens (tertiary/aromatic N) is 1. The Morgan fingerprint density at radius 3 is 2.34 bits per heavy atom. The normalized spacial score (nSPS) is 16.8. The number of aliphatic imine (C=N–C) groups is 1. The molecule has 2 N–H and O–H groups in total. The number of nitrogens with one attached hydrogen (secondary N) is 2. The Labute approximate surface area is 171 Å². The standard InChI is InChI=1S/C22H25N3O3S/c1-5-17-7-9-18(10-8-17)21-16(4)22(25-29(21,27)28)23-13-20(26)24-19-11-6-14(2)15(3)12-19/h6-12H,5,13H2,1-4H3,(H,23,25)(H,24,26). The molecular weight excluding hydrogens is 386 g/mol. The molecule has 2 aromatic carbocycles. The second-order valence-corrected chi connectivity index (χ2v) is 8.74. The van der Waals surface area contributed by atoms with Crippen molar-refractivity contribution in [3.8, 4) is 0 Å². The number of anilines is 1. The summed E-state index contributed by atoms with van der Waals surface area (Å²) >= 11 is 0. The minimum absolute atomic E-state index is 0.176. The monoisotopic (exact) mass is 411 g/mol. The van der Waals surface area contributed by atoms with Crippen LogP contribution in [0.5, 0.6) is 0 Å². The molecule has 2 aromatic rings. The summed E-state index contributed by atoms with van der Waals surface area (Å²) in [6, 6.07) is 13.1. The molecule has 3 rings (SSSR count). The molecule has 7 heteroatoms. The Hall–Kier alpha value is -2.93. The summed E-state index contributed by atoms with van der Waals surface area (Å²) in [6.07, 6.45) is 0.881. The molecule has 0 saturated carbocycles. The van der Waals surface area contributed by atoms with Gasteiger partial charge in [-0.05, 0) is 61.6 Å². The first-order valence-electron chi connectivity index (χ1n) is 9.46. The number of amides is 1. The van der Waals surface area contributed by atoms with Crippen molar-refractivity contribution in [2.75, 3.05) is 11.9 Å². The van der Waals surface area contributed by atoms with E-state index in [1.54, 1.807) is 19.1 Å². The van der Waals surface area contributed by atoms with E-state index in [1.807, 2.05) is 51.1 Å². The third kappa shape index (κ3) is 4.56. The lowest BCUT2D eigenvalue weighted by Crippen LogP contribution is -2.25. The van der Waals surface area contributed by atoms with E-state index in [4.69, 9.17) is 0 Å². The molecule has 29 heavy (non-hydrogen) atoms. The van der Waals surface area contributed by atoms with Crippen LogP contribution in [0.1, 0.15) is 36.1 Å². The molecule has 0 spiro atoms. The molecule has 6 nitrogen and oxygen atoms in total. The molecular formula is C22H25N3O3S. The number of hydrogen-bond acceptors (Lipinski definition) is 4. The minimum Gasteiger partial charge on any atom is -0.324 e. The van der Waals surface area contributed by atoms with Gasteiger partial charge in [-0.15, -0.1) is 0 Å². The Morgan fingerprint density at radius 1 is 1.03 bits per heavy atom. The molecule has 0 aromatic heterocycles. The number of rotatable bonds is 5. The van der Waals surface area contributed by atoms with Crippen molar-refractivity contribution in [1.82, 2.24) is 4.72 Å². The van der Waals surface area contributed by atoms with Crippen molar-refractivity contribution in [2.24, 2.45) is 4.99 Å². The molecule has 0 radical (unpaired) electrons. The van der Waals surface area contributed by atoms with Crippen LogP contribution in [-0.2, 0) is 21.2 Å². The van der Waals surface area contributed by atoms with Crippen LogP contribution in [0.2, 0.25) is 0 Å². The number of aryl methyl sites for hydroxylation is 3. The molecule has 0 bridgehead atoms. The van der Waals surface area contributed by atoms with Gasteiger partial charge < -0.3 is 5.32 Å². The second kappa shape index (κ2) is 8.21. The van der Waals surface area contributed by atoms with Crippen molar-refractivity contribution >= 4 is 32.4 Å². The highest BCUT2D eigenvalue weighted by molar-refractivity contribution is 8.00. The van der Waals surface area contributed by atoms with Crippen LogP contribution in [-0.4, -0.2) is 26.7 Å². The van der Waals surface area contributed by atoms with Gasteiger partial charge in [-0.25, -0.2) is 8.42 Å². The topological polar surface area (TPSA) is 87.6 Å². The maximum atomic E-state index is 12.6. The van der Waals surface area contributed by atoms with Crippen LogP contribution in [0.4, 0.5) is 5.69 Å². The molecule has 0 atom stereocenters. The SMILES string of the molecule is CCc1ccc(C2=C(C)C(=NCC(=O)Nc3ccc(C)c(C)c3)NS2(=O)=O)cc1. The van der Waals surface area contributed by atoms with Crippen molar-refractivity contribution < 1.29 is 13.2 Å². The predicted octanol–water partition coefficient (Wildman–Crippen LogP) is 3.57. The third-order valence-electron chi connectivity index (χ3n) is 4.99. The highest BCUT2D eigenvalue weighted by atomic mass is 32.2. The fraction of sp³-hybridized carbons (Fsp3) is 0.273. The van der Waals surface area contributed by atoms with Crippen molar-refractivity contribution in [1.29, 1.82) is 0 Å². The van der Waals surface area contributed by atoms with Gasteiger partial charge in [0.05, 0.1) is 0 Å². The summed E-state index contributed by atoms with van der Waals surface area (Å²) in [5, 5.41) is 2.79. The summed E-state index contributed by atoms with van der Waals surface area (Å²) in [4.78, 5) is 16.6. The van der Waals surface area contributed by atoms with E-state index in [0.29, 0.717) is 16.8 Å². The maximum absolute atomic E-state index is 12.6. The molecule has 1 amide bonds. The lowest BCUT2D eigenvalue weighted by molar-refractivity contribution is -0.114. The van der Waals surface area contributed by atoms with E-state index in [2.05, 4.69) is 15.0 Å². The molecule has 0 saturated heterocycles. The predicted molar refractivity (Wildman–Crippen MR) is 117 cm³/mol. The van der Waals surface area contributed by atoms with Crippen molar-refractivity contribution in [3.63, 3.8) is 0 Å². The van der Waals surface area contributed by atoms with Crippen LogP contribution in [0.3, 0.4) is 0 Å². The fourth-order valence-electron chi connectivity index (χ4n) is 3.15. The largest absolute Gasteiger partial charge is 0.324 e. The zero-order chi connectivity index (χ0) is 21.2. The summed E-state index contributed by atoms with van der Waals surface area (Å²) < 4.78 is 27.6. The van der Waals surface area contributed by atoms with E-state index in [0.717, 1.165) is 23.1 Å². The summed E-state index contributed by atoms with van der Waals surface area (Å²) in [5.74, 6) is -0.108. The molecule has 0 aliphatic carbocycles. The number of hydrogen-bond donors (Lipinski definition) is 2. The van der Waals surface area contributed by atoms with Crippen LogP contribution in [0, 0.1) is 13.8 Å². The van der Waals surface area contributed by atoms with Crippen molar-refractivity contribution in [3.05, 3.63) is 70.3 Å². The smallest absolute Gasteiger partial charge is 0.264 e. The first kappa shape index (κ1) is 20.8. The lowest BCUT2D eigenvalue weighted by Gasteiger charge is -2.07. The molecule has 1 aliphatic rings. The van der Waals surface area contributed by atoms with E-state index >= 15 is 0 Å². The summed E-state index contributed by atoms with van der Waals surface area (Å²) in [6.45, 7) is 7.54. The van der Waals surface area contributed by atoms with Crippen LogP contribution in [0.25, 0.3) is 4.91 Å². The molecule has 0 unspecified atom stereocenters. The van der Waals surface area contributed by atoms with Gasteiger partial charge in [-0.1, -0.05) is 37.3 Å². The number of amidine groups is 1. The zero-order valence-electron chi connectivity index (χ0n) is 17.0. The quantitative estimate of drug-likeness (QED) is 0.788. The van der Waals surface area contributed by atoms with Gasteiger partial charge >= 0.3 is 0 Å². The fourth-order valence-corrected chi connectivity index (χ4v) is 4.67. The number of sulfonamides is 1. The van der Waals surface area contributed by atoms with Gasteiger partial charge in [0, 0.05) is 11.3 Å². The van der Waals surface area contributed by atoms with Gasteiger partial charge in [0.15, 0.2) is 0 Å². The average Bonchev–Trinajstić information content (AvgIpc) is 2.91. The molecule has 1 aliphatic heterocycles. The Morgan fingerprint density at radius 2 is 1.72 bits per heavy atom. The Kier molecular flexibility index (Phi) is 5.88. The Bertz CT molecular complexity index is 1110. The summed E-state index contributed by atoms with van der Waals surface area (Å²) in [5.41, 5.74) is 5.16. The second-order valence-electron chi connectivity index (χ2n) is 7.12. The molecule has 152 valence electrons. The van der Waals surface area contributed by atoms with E-state index in [-0.39, 0.29) is 23.2 Å². The highest BCUT2D eigenvalue weighted by Crippen LogP contribution is 2.30. The van der Waals surface area contributed by atoms with Gasteiger partial charge in [0.1, 0.15) is 17.3 Å². The van der Waals surface area contributed by atoms with E-state index < -0.39 is 10.0 Å². The molecule has 1 heterocycles. The number of carbonyl (C=O) groups is 1. The van der Waals surface area contributed by atoms with Crippen LogP contribution < -0.4 is 10.0 Å². The molecule has 0 fully saturated rings. The minimum atomic E-state index is -3.71. The van der Waals surface area contributed by atoms with E-state index in [1.165, 1.54) is 0 Å². The number of benzene rings is 2. The highest BCUT2D eigenvalue weighted by Gasteiger charge is 2.32. The summed E-state index contributed by atoms with van der Waals surface area (Å²) in [7, 11) is -3.71. The average molecular weight is 412 g/mol. The van der Waals surface area contributed by atoms with Gasteiger partial charge in [-0.2, -0.15) is 0 Å². The first-order chi connectivity index (χ1) is 13.7. The third-order valence-corrected chi connectivity index (χ3v) is 6.53. The van der Waals surface area contributed by atoms with Crippen LogP contribution in [0.15, 0.2) is 53.0 Å². The maximum Gasteiger partial charge on any atom is 0.264 e. The van der Waals surface area contributed by atoms with Gasteiger partial charge in [0.2, 0.25) is 5.91 Å². The zero-order valence-corrected chi connectivity index (χ0v) is 17.9. The first-order valence-corrected chi connectivity index (χ1v) is 10.9. The van der Waals surface area contributed by atoms with Gasteiger partial charge in [0.25, 0.3) is 10.0 Å². The lowest BCUT2D eigenvalue weighted by atomic mass is 10.1. The number of carbonyl (C=O) groups excluding carboxylic acids is 1. The van der Waals surface area contributed by atoms with Crippen LogP contribution >= 0.6 is 0 Å². The Balaban J connectivity index is 1.79. The van der Waals surface area contributed by atoms with Crippen molar-refractivity contribution in [2.45, 2.75) is 34.1 Å².